The van der Waals surface area contributed by atoms with Crippen molar-refractivity contribution < 1.29 is 4.74 Å². The van der Waals surface area contributed by atoms with Crippen LogP contribution in [0.15, 0.2) is 30.3 Å². The molecule has 0 saturated carbocycles. The van der Waals surface area contributed by atoms with Crippen LogP contribution in [0.1, 0.15) is 30.3 Å². The van der Waals surface area contributed by atoms with Crippen LogP contribution in [0.3, 0.4) is 0 Å². The fourth-order valence-corrected chi connectivity index (χ4v) is 2.23. The van der Waals surface area contributed by atoms with Gasteiger partial charge in [0.25, 0.3) is 0 Å². The molecule has 1 aromatic carbocycles. The number of anilines is 1. The van der Waals surface area contributed by atoms with Gasteiger partial charge in [0.15, 0.2) is 0 Å². The van der Waals surface area contributed by atoms with E-state index >= 15 is 0 Å². The Hall–Kier alpha value is -1.65. The van der Waals surface area contributed by atoms with Crippen molar-refractivity contribution in [3.63, 3.8) is 0 Å². The Morgan fingerprint density at radius 1 is 1.19 bits per heavy atom. The molecule has 0 aliphatic carbocycles. The van der Waals surface area contributed by atoms with E-state index in [-0.39, 0.29) is 0 Å². The van der Waals surface area contributed by atoms with Gasteiger partial charge in [0.05, 0.1) is 6.61 Å². The van der Waals surface area contributed by atoms with Crippen molar-refractivity contribution in [2.24, 2.45) is 0 Å². The predicted octanol–water partition coefficient (Wildman–Crippen LogP) is 3.98. The average Bonchev–Trinajstić information content (AvgIpc) is 2.45. The summed E-state index contributed by atoms with van der Waals surface area (Å²) in [4.78, 5) is 8.37. The fraction of sp³-hybridized carbons (Fsp3) is 0.375. The number of benzene rings is 1. The molecule has 1 heterocycles. The molecular weight excluding hydrogens is 286 g/mol. The molecule has 0 bridgehead atoms. The van der Waals surface area contributed by atoms with Crippen LogP contribution < -0.4 is 5.32 Å². The van der Waals surface area contributed by atoms with E-state index in [0.717, 1.165) is 18.8 Å². The normalized spacial score (nSPS) is 10.6. The number of nitrogens with one attached hydrogen (secondary N) is 1. The topological polar surface area (TPSA) is 47.0 Å². The molecule has 0 aliphatic heterocycles. The van der Waals surface area contributed by atoms with Crippen molar-refractivity contribution in [2.75, 3.05) is 11.9 Å². The molecule has 2 aromatic rings. The Labute approximate surface area is 130 Å². The zero-order chi connectivity index (χ0) is 15.1. The summed E-state index contributed by atoms with van der Waals surface area (Å²) in [6.07, 6.45) is 1.03. The van der Waals surface area contributed by atoms with Gasteiger partial charge in [0.2, 0.25) is 0 Å². The molecular formula is C16H20ClN3O. The Bertz CT molecular complexity index is 569. The van der Waals surface area contributed by atoms with Crippen LogP contribution in [0, 0.1) is 6.92 Å². The smallest absolute Gasteiger partial charge is 0.134 e. The Morgan fingerprint density at radius 3 is 2.67 bits per heavy atom. The fourth-order valence-electron chi connectivity index (χ4n) is 2.00. The third kappa shape index (κ3) is 4.99. The minimum Gasteiger partial charge on any atom is -0.377 e. The first-order valence-corrected chi connectivity index (χ1v) is 7.46. The third-order valence-corrected chi connectivity index (χ3v) is 3.18. The number of halogens is 1. The molecule has 21 heavy (non-hydrogen) atoms. The number of hydrogen-bond donors (Lipinski definition) is 1. The lowest BCUT2D eigenvalue weighted by atomic mass is 10.1. The maximum Gasteiger partial charge on any atom is 0.134 e. The highest BCUT2D eigenvalue weighted by molar-refractivity contribution is 6.29. The summed E-state index contributed by atoms with van der Waals surface area (Å²) in [5.74, 6) is 1.39. The summed E-state index contributed by atoms with van der Waals surface area (Å²) in [6, 6.07) is 9.96. The second-order valence-corrected chi connectivity index (χ2v) is 5.19. The number of hydrogen-bond acceptors (Lipinski definition) is 4. The van der Waals surface area contributed by atoms with Gasteiger partial charge in [-0.15, -0.1) is 0 Å². The minimum absolute atomic E-state index is 0.449. The molecule has 0 spiro atoms. The minimum atomic E-state index is 0.449. The van der Waals surface area contributed by atoms with Crippen LogP contribution in [0.2, 0.25) is 5.15 Å². The maximum absolute atomic E-state index is 5.94. The van der Waals surface area contributed by atoms with Crippen molar-refractivity contribution in [3.05, 3.63) is 52.4 Å². The first-order valence-electron chi connectivity index (χ1n) is 7.08. The summed E-state index contributed by atoms with van der Waals surface area (Å²) in [6.45, 7) is 6.02. The highest BCUT2D eigenvalue weighted by Crippen LogP contribution is 2.15. The molecule has 1 aromatic heterocycles. The summed E-state index contributed by atoms with van der Waals surface area (Å²) < 4.78 is 5.63. The summed E-state index contributed by atoms with van der Waals surface area (Å²) >= 11 is 5.94. The van der Waals surface area contributed by atoms with E-state index in [1.807, 2.05) is 19.1 Å². The number of aromatic nitrogens is 2. The Kier molecular flexibility index (Phi) is 5.96. The van der Waals surface area contributed by atoms with Crippen LogP contribution in [-0.2, 0) is 17.9 Å². The predicted molar refractivity (Wildman–Crippen MR) is 85.5 cm³/mol. The number of ether oxygens (including phenoxy) is 1. The lowest BCUT2D eigenvalue weighted by Gasteiger charge is -2.11. The van der Waals surface area contributed by atoms with Crippen molar-refractivity contribution in [3.8, 4) is 0 Å². The van der Waals surface area contributed by atoms with Crippen molar-refractivity contribution in [2.45, 2.75) is 33.4 Å². The second kappa shape index (κ2) is 7.96. The SMILES string of the molecule is CCCOCc1ccccc1CNc1cc(Cl)nc(C)n1. The van der Waals surface area contributed by atoms with Gasteiger partial charge in [-0.25, -0.2) is 9.97 Å². The van der Waals surface area contributed by atoms with Gasteiger partial charge in [-0.2, -0.15) is 0 Å². The summed E-state index contributed by atoms with van der Waals surface area (Å²) in [5.41, 5.74) is 2.39. The van der Waals surface area contributed by atoms with E-state index in [0.29, 0.717) is 24.1 Å². The van der Waals surface area contributed by atoms with Crippen LogP contribution in [0.25, 0.3) is 0 Å². The van der Waals surface area contributed by atoms with Crippen LogP contribution in [0.4, 0.5) is 5.82 Å². The molecule has 5 heteroatoms. The molecule has 0 saturated heterocycles. The van der Waals surface area contributed by atoms with Gasteiger partial charge in [-0.05, 0) is 24.5 Å². The number of nitrogens with zero attached hydrogens (tertiary/aromatic N) is 2. The van der Waals surface area contributed by atoms with Crippen molar-refractivity contribution in [1.82, 2.24) is 9.97 Å². The summed E-state index contributed by atoms with van der Waals surface area (Å²) in [5, 5.41) is 3.73. The Balaban J connectivity index is 2.02. The highest BCUT2D eigenvalue weighted by atomic mass is 35.5. The lowest BCUT2D eigenvalue weighted by Crippen LogP contribution is -2.06. The monoisotopic (exact) mass is 305 g/mol. The lowest BCUT2D eigenvalue weighted by molar-refractivity contribution is 0.121. The average molecular weight is 306 g/mol. The first kappa shape index (κ1) is 15.7. The molecule has 4 nitrogen and oxygen atoms in total. The molecule has 0 fully saturated rings. The molecule has 1 N–H and O–H groups in total. The molecule has 0 amide bonds. The van der Waals surface area contributed by atoms with E-state index in [1.165, 1.54) is 11.1 Å². The van der Waals surface area contributed by atoms with Crippen LogP contribution >= 0.6 is 11.6 Å². The van der Waals surface area contributed by atoms with Gasteiger partial charge in [0.1, 0.15) is 16.8 Å². The van der Waals surface area contributed by atoms with E-state index in [4.69, 9.17) is 16.3 Å². The standard InChI is InChI=1S/C16H20ClN3O/c1-3-8-21-11-14-7-5-4-6-13(14)10-18-16-9-15(17)19-12(2)20-16/h4-7,9H,3,8,10-11H2,1-2H3,(H,18,19,20). The summed E-state index contributed by atoms with van der Waals surface area (Å²) in [7, 11) is 0. The van der Waals surface area contributed by atoms with Gasteiger partial charge in [-0.1, -0.05) is 42.8 Å². The van der Waals surface area contributed by atoms with Gasteiger partial charge in [0, 0.05) is 19.2 Å². The molecule has 112 valence electrons. The second-order valence-electron chi connectivity index (χ2n) is 4.80. The maximum atomic E-state index is 5.94. The van der Waals surface area contributed by atoms with Gasteiger partial charge >= 0.3 is 0 Å². The van der Waals surface area contributed by atoms with Crippen molar-refractivity contribution >= 4 is 17.4 Å². The molecule has 2 rings (SSSR count). The van der Waals surface area contributed by atoms with E-state index in [9.17, 15) is 0 Å². The Morgan fingerprint density at radius 2 is 1.95 bits per heavy atom. The number of aryl methyl sites for hydroxylation is 1. The molecule has 0 radical (unpaired) electrons. The number of rotatable bonds is 7. The van der Waals surface area contributed by atoms with Crippen LogP contribution in [0.5, 0.6) is 0 Å². The van der Waals surface area contributed by atoms with E-state index < -0.39 is 0 Å². The molecule has 0 unspecified atom stereocenters. The zero-order valence-corrected chi connectivity index (χ0v) is 13.2. The van der Waals surface area contributed by atoms with Crippen LogP contribution in [-0.4, -0.2) is 16.6 Å². The highest BCUT2D eigenvalue weighted by Gasteiger charge is 2.04. The van der Waals surface area contributed by atoms with Crippen molar-refractivity contribution in [1.29, 1.82) is 0 Å². The van der Waals surface area contributed by atoms with E-state index in [1.54, 1.807) is 6.07 Å². The molecule has 0 atom stereocenters. The largest absolute Gasteiger partial charge is 0.377 e. The zero-order valence-electron chi connectivity index (χ0n) is 12.4. The quantitative estimate of drug-likeness (QED) is 0.621. The molecule has 0 aliphatic rings. The first-order chi connectivity index (χ1) is 10.2. The third-order valence-electron chi connectivity index (χ3n) is 2.99. The van der Waals surface area contributed by atoms with E-state index in [2.05, 4.69) is 34.3 Å². The van der Waals surface area contributed by atoms with Gasteiger partial charge < -0.3 is 10.1 Å². The van der Waals surface area contributed by atoms with Gasteiger partial charge in [-0.3, -0.25) is 0 Å².